The largest absolute Gasteiger partial charge is 0.505 e. The van der Waals surface area contributed by atoms with Crippen molar-refractivity contribution in [2.24, 2.45) is 0 Å². The summed E-state index contributed by atoms with van der Waals surface area (Å²) in [7, 11) is 0. The summed E-state index contributed by atoms with van der Waals surface area (Å²) in [5.41, 5.74) is 10.6. The van der Waals surface area contributed by atoms with Crippen molar-refractivity contribution in [3.05, 3.63) is 87.7 Å². The topological polar surface area (TPSA) is 73.1 Å². The zero-order valence-electron chi connectivity index (χ0n) is 23.0. The predicted molar refractivity (Wildman–Crippen MR) is 152 cm³/mol. The summed E-state index contributed by atoms with van der Waals surface area (Å²) in [6.07, 6.45) is 3.50. The Labute approximate surface area is 242 Å². The Bertz CT molecular complexity index is 1940. The van der Waals surface area contributed by atoms with Crippen LogP contribution in [0.1, 0.15) is 38.9 Å². The molecule has 4 aromatic heterocycles. The molecule has 1 N–H and O–H groups in total. The third kappa shape index (κ3) is 4.27. The van der Waals surface area contributed by atoms with E-state index in [1.807, 2.05) is 39.1 Å². The summed E-state index contributed by atoms with van der Waals surface area (Å²) >= 11 is 0. The fraction of sp³-hybridized carbons (Fsp3) is 0.219. The minimum absolute atomic E-state index is 0. The van der Waals surface area contributed by atoms with Crippen LogP contribution < -0.4 is 4.74 Å². The van der Waals surface area contributed by atoms with Gasteiger partial charge in [0.25, 0.3) is 0 Å². The van der Waals surface area contributed by atoms with Gasteiger partial charge < -0.3 is 19.4 Å². The van der Waals surface area contributed by atoms with Gasteiger partial charge >= 0.3 is 0 Å². The molecule has 0 aliphatic carbocycles. The van der Waals surface area contributed by atoms with Gasteiger partial charge in [0.1, 0.15) is 17.1 Å². The minimum Gasteiger partial charge on any atom is -0.505 e. The van der Waals surface area contributed by atoms with Crippen molar-refractivity contribution in [1.29, 1.82) is 0 Å². The Hall–Kier alpha value is -3.76. The smallest absolute Gasteiger partial charge is 0.217 e. The Kier molecular flexibility index (Phi) is 6.72. The van der Waals surface area contributed by atoms with Gasteiger partial charge in [-0.15, -0.1) is 6.07 Å². The first kappa shape index (κ1) is 26.8. The molecular formula is C32H29N4O2Pt-. The van der Waals surface area contributed by atoms with Crippen LogP contribution in [0.2, 0.25) is 0 Å². The molecule has 0 atom stereocenters. The summed E-state index contributed by atoms with van der Waals surface area (Å²) in [5.74, 6) is 1.81. The summed E-state index contributed by atoms with van der Waals surface area (Å²) < 4.78 is 8.33. The molecule has 0 spiro atoms. The third-order valence-corrected chi connectivity index (χ3v) is 7.55. The van der Waals surface area contributed by atoms with Crippen molar-refractivity contribution in [3.63, 3.8) is 0 Å². The average molecular weight is 697 g/mol. The van der Waals surface area contributed by atoms with Gasteiger partial charge in [-0.3, -0.25) is 0 Å². The fourth-order valence-corrected chi connectivity index (χ4v) is 5.50. The molecule has 0 unspecified atom stereocenters. The number of phenols is 1. The number of nitrogens with zero attached hydrogens (tertiary/aromatic N) is 4. The van der Waals surface area contributed by atoms with Crippen molar-refractivity contribution in [2.75, 3.05) is 0 Å². The second kappa shape index (κ2) is 9.77. The second-order valence-electron chi connectivity index (χ2n) is 10.3. The van der Waals surface area contributed by atoms with Gasteiger partial charge in [-0.25, -0.2) is 9.97 Å². The molecule has 4 heterocycles. The molecule has 200 valence electrons. The Morgan fingerprint density at radius 3 is 2.28 bits per heavy atom. The van der Waals surface area contributed by atoms with Crippen molar-refractivity contribution in [3.8, 4) is 23.2 Å². The van der Waals surface area contributed by atoms with E-state index in [4.69, 9.17) is 14.7 Å². The van der Waals surface area contributed by atoms with Gasteiger partial charge in [-0.1, -0.05) is 11.6 Å². The summed E-state index contributed by atoms with van der Waals surface area (Å²) in [4.78, 5) is 14.2. The van der Waals surface area contributed by atoms with E-state index in [0.717, 1.165) is 66.5 Å². The van der Waals surface area contributed by atoms with Crippen LogP contribution in [0, 0.1) is 54.5 Å². The molecular weight excluding hydrogens is 667 g/mol. The first-order valence-electron chi connectivity index (χ1n) is 12.7. The van der Waals surface area contributed by atoms with Gasteiger partial charge in [0.15, 0.2) is 0 Å². The number of rotatable bonds is 3. The molecule has 0 bridgehead atoms. The normalized spacial score (nSPS) is 11.4. The standard InChI is InChI=1S/C32H29N4O2.Pt/c1-16-8-9-33-26(12-16)36-24-11-17(2)10-18(3)29(24)30-25(36)14-23(15-34-30)38-27-13-19(4)28-21(6)20(5)22(7)32(37)31(28)35-27;/h8-13,15,37H,1-7H3;/q-1;. The Balaban J connectivity index is 0.00000308. The van der Waals surface area contributed by atoms with Crippen LogP contribution in [0.5, 0.6) is 17.4 Å². The van der Waals surface area contributed by atoms with E-state index in [-0.39, 0.29) is 26.8 Å². The second-order valence-corrected chi connectivity index (χ2v) is 10.3. The minimum atomic E-state index is 0. The van der Waals surface area contributed by atoms with Crippen LogP contribution in [0.15, 0.2) is 42.7 Å². The molecule has 39 heavy (non-hydrogen) atoms. The zero-order chi connectivity index (χ0) is 26.9. The number of aryl methyl sites for hydroxylation is 5. The number of fused-ring (bicyclic) bond motifs is 4. The van der Waals surface area contributed by atoms with Crippen molar-refractivity contribution in [2.45, 2.75) is 48.5 Å². The summed E-state index contributed by atoms with van der Waals surface area (Å²) in [6, 6.07) is 13.7. The van der Waals surface area contributed by atoms with Crippen molar-refractivity contribution < 1.29 is 30.9 Å². The van der Waals surface area contributed by atoms with Crippen molar-refractivity contribution >= 4 is 32.8 Å². The van der Waals surface area contributed by atoms with E-state index >= 15 is 0 Å². The number of pyridine rings is 3. The van der Waals surface area contributed by atoms with Gasteiger partial charge in [0.05, 0.1) is 0 Å². The van der Waals surface area contributed by atoms with Crippen LogP contribution in [0.4, 0.5) is 0 Å². The predicted octanol–water partition coefficient (Wildman–Crippen LogP) is 7.58. The van der Waals surface area contributed by atoms with Gasteiger partial charge in [-0.2, -0.15) is 0 Å². The molecule has 6 nitrogen and oxygen atoms in total. The average Bonchev–Trinajstić information content (AvgIpc) is 3.19. The summed E-state index contributed by atoms with van der Waals surface area (Å²) in [5, 5.41) is 12.9. The quantitative estimate of drug-likeness (QED) is 0.193. The van der Waals surface area contributed by atoms with E-state index in [1.165, 1.54) is 5.56 Å². The van der Waals surface area contributed by atoms with Crippen LogP contribution in [-0.4, -0.2) is 24.6 Å². The molecule has 0 aliphatic rings. The number of aromatic nitrogens is 4. The van der Waals surface area contributed by atoms with Crippen molar-refractivity contribution in [1.82, 2.24) is 19.5 Å². The van der Waals surface area contributed by atoms with E-state index in [9.17, 15) is 5.11 Å². The van der Waals surface area contributed by atoms with E-state index in [2.05, 4.69) is 61.5 Å². The summed E-state index contributed by atoms with van der Waals surface area (Å²) in [6.45, 7) is 14.3. The van der Waals surface area contributed by atoms with Crippen LogP contribution in [0.25, 0.3) is 38.7 Å². The molecule has 0 fully saturated rings. The van der Waals surface area contributed by atoms with Gasteiger partial charge in [0.2, 0.25) is 5.88 Å². The van der Waals surface area contributed by atoms with Crippen LogP contribution in [0.3, 0.4) is 0 Å². The van der Waals surface area contributed by atoms with E-state index in [0.29, 0.717) is 17.1 Å². The van der Waals surface area contributed by atoms with Crippen LogP contribution >= 0.6 is 0 Å². The monoisotopic (exact) mass is 696 g/mol. The van der Waals surface area contributed by atoms with Gasteiger partial charge in [0, 0.05) is 50.0 Å². The number of benzene rings is 2. The molecule has 0 saturated carbocycles. The van der Waals surface area contributed by atoms with E-state index in [1.54, 1.807) is 6.20 Å². The molecule has 2 aromatic carbocycles. The molecule has 6 rings (SSSR count). The first-order chi connectivity index (χ1) is 18.1. The molecule has 0 radical (unpaired) electrons. The Morgan fingerprint density at radius 1 is 0.795 bits per heavy atom. The number of hydrogen-bond donors (Lipinski definition) is 1. The maximum absolute atomic E-state index is 10.9. The molecule has 0 saturated heterocycles. The molecule has 0 amide bonds. The molecule has 7 heteroatoms. The number of ether oxygens (including phenoxy) is 1. The van der Waals surface area contributed by atoms with Crippen LogP contribution in [-0.2, 0) is 21.1 Å². The number of hydrogen-bond acceptors (Lipinski definition) is 5. The van der Waals surface area contributed by atoms with Gasteiger partial charge in [-0.05, 0) is 123 Å². The SMILES string of the molecule is Cc1ccnc(-n2c3[c-]c(Oc4cc(C)c5c(C)c(C)c(C)c(O)c5n4)cnc3c3c(C)cc(C)cc32)c1.[Pt]. The first-order valence-corrected chi connectivity index (χ1v) is 12.7. The third-order valence-electron chi connectivity index (χ3n) is 7.55. The number of aromatic hydroxyl groups is 1. The Morgan fingerprint density at radius 2 is 1.54 bits per heavy atom. The van der Waals surface area contributed by atoms with E-state index < -0.39 is 0 Å². The maximum Gasteiger partial charge on any atom is 0.217 e. The number of phenolic OH excluding ortho intramolecular Hbond substituents is 1. The molecule has 6 aromatic rings. The zero-order valence-corrected chi connectivity index (χ0v) is 25.3. The maximum atomic E-state index is 10.9. The fourth-order valence-electron chi connectivity index (χ4n) is 5.50. The molecule has 0 aliphatic heterocycles.